The largest absolute Gasteiger partial charge is 0.338 e. The van der Waals surface area contributed by atoms with Crippen LogP contribution < -0.4 is 5.32 Å². The average molecular weight is 254 g/mol. The fraction of sp³-hybridized carbons (Fsp3) is 0.500. The lowest BCUT2D eigenvalue weighted by Crippen LogP contribution is -2.47. The summed E-state index contributed by atoms with van der Waals surface area (Å²) in [6.45, 7) is 0. The number of amides is 1. The molecule has 0 radical (unpaired) electrons. The summed E-state index contributed by atoms with van der Waals surface area (Å²) in [5, 5.41) is 12.3. The number of carbonyl (C=O) groups excluding carboxylic acids is 1. The van der Waals surface area contributed by atoms with Gasteiger partial charge in [-0.05, 0) is 49.7 Å². The van der Waals surface area contributed by atoms with E-state index in [-0.39, 0.29) is 11.8 Å². The predicted molar refractivity (Wildman–Crippen MR) is 72.3 cm³/mol. The maximum atomic E-state index is 12.4. The van der Waals surface area contributed by atoms with Gasteiger partial charge in [-0.2, -0.15) is 5.26 Å². The zero-order chi connectivity index (χ0) is 13.3. The minimum atomic E-state index is -0.591. The van der Waals surface area contributed by atoms with Crippen LogP contribution in [-0.4, -0.2) is 11.4 Å². The van der Waals surface area contributed by atoms with Gasteiger partial charge in [0, 0.05) is 5.92 Å². The highest BCUT2D eigenvalue weighted by atomic mass is 16.2. The molecule has 0 aliphatic heterocycles. The summed E-state index contributed by atoms with van der Waals surface area (Å²) >= 11 is 0. The first-order valence-corrected chi connectivity index (χ1v) is 7.02. The minimum Gasteiger partial charge on any atom is -0.338 e. The smallest absolute Gasteiger partial charge is 0.225 e. The van der Waals surface area contributed by atoms with Crippen LogP contribution in [0.2, 0.25) is 0 Å². The molecule has 19 heavy (non-hydrogen) atoms. The number of fused-ring (bicyclic) bond motifs is 1. The quantitative estimate of drug-likeness (QED) is 0.880. The fourth-order valence-corrected chi connectivity index (χ4v) is 3.33. The molecule has 0 aromatic heterocycles. The highest BCUT2D eigenvalue weighted by Gasteiger charge is 2.38. The van der Waals surface area contributed by atoms with Gasteiger partial charge in [0.2, 0.25) is 5.91 Å². The lowest BCUT2D eigenvalue weighted by Gasteiger charge is -2.24. The van der Waals surface area contributed by atoms with E-state index < -0.39 is 5.54 Å². The summed E-state index contributed by atoms with van der Waals surface area (Å²) in [5.74, 6) is 0.0582. The summed E-state index contributed by atoms with van der Waals surface area (Å²) in [7, 11) is 0. The van der Waals surface area contributed by atoms with E-state index in [4.69, 9.17) is 0 Å². The Hall–Kier alpha value is -1.82. The molecule has 1 N–H and O–H groups in total. The SMILES string of the molecule is N#CC1(NC(=O)C2Cc3ccccc3C2)CCCC1. The molecule has 3 rings (SSSR count). The van der Waals surface area contributed by atoms with Crippen LogP contribution >= 0.6 is 0 Å². The first kappa shape index (κ1) is 12.2. The maximum Gasteiger partial charge on any atom is 0.225 e. The summed E-state index contributed by atoms with van der Waals surface area (Å²) in [6.07, 6.45) is 5.30. The number of nitriles is 1. The van der Waals surface area contributed by atoms with Crippen LogP contribution in [0.1, 0.15) is 36.8 Å². The molecular weight excluding hydrogens is 236 g/mol. The van der Waals surface area contributed by atoms with Crippen molar-refractivity contribution in [3.63, 3.8) is 0 Å². The third kappa shape index (κ3) is 2.23. The second kappa shape index (κ2) is 4.70. The highest BCUT2D eigenvalue weighted by Crippen LogP contribution is 2.31. The Morgan fingerprint density at radius 2 is 1.79 bits per heavy atom. The third-order valence-electron chi connectivity index (χ3n) is 4.46. The van der Waals surface area contributed by atoms with E-state index in [0.29, 0.717) is 0 Å². The molecule has 0 unspecified atom stereocenters. The van der Waals surface area contributed by atoms with Crippen molar-refractivity contribution in [2.75, 3.05) is 0 Å². The van der Waals surface area contributed by atoms with Gasteiger partial charge < -0.3 is 5.32 Å². The van der Waals surface area contributed by atoms with E-state index in [1.54, 1.807) is 0 Å². The van der Waals surface area contributed by atoms with E-state index >= 15 is 0 Å². The Labute approximate surface area is 113 Å². The monoisotopic (exact) mass is 254 g/mol. The van der Waals surface area contributed by atoms with E-state index in [1.807, 2.05) is 12.1 Å². The van der Waals surface area contributed by atoms with Crippen LogP contribution in [0.4, 0.5) is 0 Å². The van der Waals surface area contributed by atoms with Crippen LogP contribution in [0, 0.1) is 17.2 Å². The summed E-state index contributed by atoms with van der Waals surface area (Å²) in [6, 6.07) is 10.6. The number of nitrogens with zero attached hydrogens (tertiary/aromatic N) is 1. The van der Waals surface area contributed by atoms with Crippen LogP contribution in [0.3, 0.4) is 0 Å². The molecular formula is C16H18N2O. The molecule has 3 nitrogen and oxygen atoms in total. The van der Waals surface area contributed by atoms with Gasteiger partial charge >= 0.3 is 0 Å². The molecule has 2 aliphatic rings. The molecule has 1 fully saturated rings. The first-order valence-electron chi connectivity index (χ1n) is 7.02. The van der Waals surface area contributed by atoms with E-state index in [9.17, 15) is 10.1 Å². The average Bonchev–Trinajstić information content (AvgIpc) is 3.05. The van der Waals surface area contributed by atoms with Gasteiger partial charge in [-0.1, -0.05) is 24.3 Å². The molecule has 0 heterocycles. The van der Waals surface area contributed by atoms with Gasteiger partial charge in [-0.25, -0.2) is 0 Å². The lowest BCUT2D eigenvalue weighted by atomic mass is 9.97. The van der Waals surface area contributed by atoms with E-state index in [1.165, 1.54) is 11.1 Å². The van der Waals surface area contributed by atoms with Crippen molar-refractivity contribution in [2.24, 2.45) is 5.92 Å². The number of nitrogens with one attached hydrogen (secondary N) is 1. The number of carbonyl (C=O) groups is 1. The summed E-state index contributed by atoms with van der Waals surface area (Å²) in [4.78, 5) is 12.4. The molecule has 1 aromatic carbocycles. The molecule has 0 bridgehead atoms. The van der Waals surface area contributed by atoms with Gasteiger partial charge in [0.15, 0.2) is 0 Å². The zero-order valence-corrected chi connectivity index (χ0v) is 11.0. The van der Waals surface area contributed by atoms with Gasteiger partial charge in [-0.3, -0.25) is 4.79 Å². The number of rotatable bonds is 2. The molecule has 98 valence electrons. The topological polar surface area (TPSA) is 52.9 Å². The van der Waals surface area contributed by atoms with Crippen molar-refractivity contribution in [1.29, 1.82) is 5.26 Å². The Morgan fingerprint density at radius 3 is 2.32 bits per heavy atom. The molecule has 0 spiro atoms. The van der Waals surface area contributed by atoms with Crippen molar-refractivity contribution in [3.8, 4) is 6.07 Å². The normalized spacial score (nSPS) is 20.8. The molecule has 0 atom stereocenters. The second-order valence-electron chi connectivity index (χ2n) is 5.76. The number of benzene rings is 1. The van der Waals surface area contributed by atoms with Gasteiger partial charge in [0.25, 0.3) is 0 Å². The maximum absolute atomic E-state index is 12.4. The Morgan fingerprint density at radius 1 is 1.21 bits per heavy atom. The van der Waals surface area contributed by atoms with Crippen LogP contribution in [0.15, 0.2) is 24.3 Å². The third-order valence-corrected chi connectivity index (χ3v) is 4.46. The second-order valence-corrected chi connectivity index (χ2v) is 5.76. The Bertz CT molecular complexity index is 513. The van der Waals surface area contributed by atoms with E-state index in [2.05, 4.69) is 23.5 Å². The van der Waals surface area contributed by atoms with Gasteiger partial charge in [-0.15, -0.1) is 0 Å². The number of hydrogen-bond donors (Lipinski definition) is 1. The van der Waals surface area contributed by atoms with Crippen molar-refractivity contribution < 1.29 is 4.79 Å². The molecule has 1 saturated carbocycles. The molecule has 2 aliphatic carbocycles. The molecule has 1 amide bonds. The number of hydrogen-bond acceptors (Lipinski definition) is 2. The van der Waals surface area contributed by atoms with Gasteiger partial charge in [0.1, 0.15) is 5.54 Å². The van der Waals surface area contributed by atoms with Gasteiger partial charge in [0.05, 0.1) is 6.07 Å². The zero-order valence-electron chi connectivity index (χ0n) is 11.0. The first-order chi connectivity index (χ1) is 9.22. The Balaban J connectivity index is 1.69. The minimum absolute atomic E-state index is 0.00299. The fourth-order valence-electron chi connectivity index (χ4n) is 3.33. The standard InChI is InChI=1S/C16H18N2O/c17-11-16(7-3-4-8-16)18-15(19)14-9-12-5-1-2-6-13(12)10-14/h1-2,5-6,14H,3-4,7-10H2,(H,18,19). The van der Waals surface area contributed by atoms with Crippen LogP contribution in [0.5, 0.6) is 0 Å². The Kier molecular flexibility index (Phi) is 3.02. The molecule has 0 saturated heterocycles. The highest BCUT2D eigenvalue weighted by molar-refractivity contribution is 5.81. The van der Waals surface area contributed by atoms with Crippen molar-refractivity contribution in [2.45, 2.75) is 44.1 Å². The van der Waals surface area contributed by atoms with Crippen LogP contribution in [0.25, 0.3) is 0 Å². The van der Waals surface area contributed by atoms with Crippen molar-refractivity contribution >= 4 is 5.91 Å². The molecule has 1 aromatic rings. The van der Waals surface area contributed by atoms with Crippen molar-refractivity contribution in [1.82, 2.24) is 5.32 Å². The lowest BCUT2D eigenvalue weighted by molar-refractivity contribution is -0.126. The van der Waals surface area contributed by atoms with Crippen LogP contribution in [-0.2, 0) is 17.6 Å². The van der Waals surface area contributed by atoms with E-state index in [0.717, 1.165) is 38.5 Å². The summed E-state index contributed by atoms with van der Waals surface area (Å²) in [5.41, 5.74) is 1.96. The van der Waals surface area contributed by atoms with Crippen molar-refractivity contribution in [3.05, 3.63) is 35.4 Å². The molecule has 3 heteroatoms. The predicted octanol–water partition coefficient (Wildman–Crippen LogP) is 2.35. The summed E-state index contributed by atoms with van der Waals surface area (Å²) < 4.78 is 0.